The molecule has 0 saturated carbocycles. The summed E-state index contributed by atoms with van der Waals surface area (Å²) in [6, 6.07) is 7.19. The molecule has 0 radical (unpaired) electrons. The number of thiophene rings is 1. The van der Waals surface area contributed by atoms with Gasteiger partial charge in [0, 0.05) is 16.0 Å². The SMILES string of the molecule is COc1ccc(C(=O)Nc2sc(C)c(C)c2C[NH+]2C[C@@H](C)O[C@@H](C)C2)cc1. The van der Waals surface area contributed by atoms with Gasteiger partial charge >= 0.3 is 0 Å². The van der Waals surface area contributed by atoms with E-state index in [9.17, 15) is 4.79 Å². The van der Waals surface area contributed by atoms with Gasteiger partial charge in [0.25, 0.3) is 5.91 Å². The van der Waals surface area contributed by atoms with Crippen LogP contribution in [-0.2, 0) is 11.3 Å². The van der Waals surface area contributed by atoms with Gasteiger partial charge in [0.15, 0.2) is 0 Å². The van der Waals surface area contributed by atoms with Crippen molar-refractivity contribution in [3.63, 3.8) is 0 Å². The molecule has 1 amide bonds. The highest BCUT2D eigenvalue weighted by Gasteiger charge is 2.28. The highest BCUT2D eigenvalue weighted by atomic mass is 32.1. The van der Waals surface area contributed by atoms with Gasteiger partial charge in [-0.05, 0) is 57.5 Å². The summed E-state index contributed by atoms with van der Waals surface area (Å²) in [5.74, 6) is 0.660. The lowest BCUT2D eigenvalue weighted by Crippen LogP contribution is -3.14. The lowest BCUT2D eigenvalue weighted by molar-refractivity contribution is -0.928. The summed E-state index contributed by atoms with van der Waals surface area (Å²) in [6.45, 7) is 11.4. The van der Waals surface area contributed by atoms with Crippen LogP contribution in [0.4, 0.5) is 5.00 Å². The van der Waals surface area contributed by atoms with Crippen LogP contribution in [0.1, 0.15) is 40.2 Å². The number of morpholine rings is 1. The smallest absolute Gasteiger partial charge is 0.256 e. The predicted octanol–water partition coefficient (Wildman–Crippen LogP) is 2.82. The Kier molecular flexibility index (Phi) is 6.19. The number of aryl methyl sites for hydroxylation is 1. The molecule has 2 N–H and O–H groups in total. The molecule has 0 spiro atoms. The molecular weight excluding hydrogens is 360 g/mol. The van der Waals surface area contributed by atoms with Gasteiger partial charge in [-0.1, -0.05) is 0 Å². The third kappa shape index (κ3) is 4.69. The van der Waals surface area contributed by atoms with Gasteiger partial charge in [-0.15, -0.1) is 11.3 Å². The van der Waals surface area contributed by atoms with Crippen LogP contribution in [0.2, 0.25) is 0 Å². The number of quaternary nitrogens is 1. The lowest BCUT2D eigenvalue weighted by Gasteiger charge is -2.32. The molecule has 3 atom stereocenters. The lowest BCUT2D eigenvalue weighted by atomic mass is 10.1. The first-order chi connectivity index (χ1) is 12.9. The summed E-state index contributed by atoms with van der Waals surface area (Å²) in [5.41, 5.74) is 3.16. The van der Waals surface area contributed by atoms with Crippen LogP contribution in [0.15, 0.2) is 24.3 Å². The van der Waals surface area contributed by atoms with Gasteiger partial charge in [0.05, 0.1) is 7.11 Å². The maximum Gasteiger partial charge on any atom is 0.256 e. The Balaban J connectivity index is 1.77. The zero-order valence-electron chi connectivity index (χ0n) is 16.7. The summed E-state index contributed by atoms with van der Waals surface area (Å²) < 4.78 is 11.0. The van der Waals surface area contributed by atoms with Gasteiger partial charge < -0.3 is 19.7 Å². The molecule has 1 saturated heterocycles. The van der Waals surface area contributed by atoms with E-state index in [1.165, 1.54) is 20.9 Å². The maximum absolute atomic E-state index is 12.7. The number of nitrogens with one attached hydrogen (secondary N) is 2. The van der Waals surface area contributed by atoms with Crippen molar-refractivity contribution in [2.75, 3.05) is 25.5 Å². The first-order valence-electron chi connectivity index (χ1n) is 9.40. The average Bonchev–Trinajstić information content (AvgIpc) is 2.88. The number of anilines is 1. The zero-order chi connectivity index (χ0) is 19.6. The molecule has 146 valence electrons. The Bertz CT molecular complexity index is 791. The number of methoxy groups -OCH3 is 1. The van der Waals surface area contributed by atoms with Crippen molar-refractivity contribution in [2.24, 2.45) is 0 Å². The van der Waals surface area contributed by atoms with Crippen molar-refractivity contribution in [3.05, 3.63) is 45.8 Å². The number of hydrogen-bond acceptors (Lipinski definition) is 4. The van der Waals surface area contributed by atoms with E-state index < -0.39 is 0 Å². The molecule has 1 aliphatic rings. The minimum absolute atomic E-state index is 0.0844. The van der Waals surface area contributed by atoms with Crippen molar-refractivity contribution in [1.82, 2.24) is 0 Å². The molecule has 27 heavy (non-hydrogen) atoms. The molecule has 0 aliphatic carbocycles. The van der Waals surface area contributed by atoms with E-state index in [4.69, 9.17) is 9.47 Å². The highest BCUT2D eigenvalue weighted by molar-refractivity contribution is 7.16. The molecule has 1 fully saturated rings. The number of carbonyl (C=O) groups excluding carboxylic acids is 1. The van der Waals surface area contributed by atoms with E-state index in [2.05, 4.69) is 33.0 Å². The number of benzene rings is 1. The van der Waals surface area contributed by atoms with E-state index in [0.717, 1.165) is 30.4 Å². The van der Waals surface area contributed by atoms with Crippen molar-refractivity contribution >= 4 is 22.2 Å². The molecule has 1 unspecified atom stereocenters. The fraction of sp³-hybridized carbons (Fsp3) is 0.476. The Morgan fingerprint density at radius 3 is 2.44 bits per heavy atom. The number of ether oxygens (including phenoxy) is 2. The Hall–Kier alpha value is -1.89. The monoisotopic (exact) mass is 389 g/mol. The minimum Gasteiger partial charge on any atom is -0.497 e. The molecule has 6 heteroatoms. The van der Waals surface area contributed by atoms with E-state index in [1.54, 1.807) is 42.7 Å². The summed E-state index contributed by atoms with van der Waals surface area (Å²) in [4.78, 5) is 15.5. The first kappa shape index (κ1) is 19.9. The van der Waals surface area contributed by atoms with Crippen LogP contribution in [0.25, 0.3) is 0 Å². The number of amides is 1. The number of rotatable bonds is 5. The minimum atomic E-state index is -0.0844. The van der Waals surface area contributed by atoms with Crippen molar-refractivity contribution < 1.29 is 19.2 Å². The normalized spacial score (nSPS) is 22.5. The highest BCUT2D eigenvalue weighted by Crippen LogP contribution is 2.32. The Morgan fingerprint density at radius 2 is 1.85 bits per heavy atom. The van der Waals surface area contributed by atoms with E-state index in [-0.39, 0.29) is 18.1 Å². The largest absolute Gasteiger partial charge is 0.497 e. The Labute approximate surface area is 165 Å². The Morgan fingerprint density at radius 1 is 1.22 bits per heavy atom. The van der Waals surface area contributed by atoms with Crippen molar-refractivity contribution in [2.45, 2.75) is 46.4 Å². The molecule has 2 heterocycles. The number of hydrogen-bond donors (Lipinski definition) is 2. The molecule has 5 nitrogen and oxygen atoms in total. The third-order valence-electron chi connectivity index (χ3n) is 5.13. The quantitative estimate of drug-likeness (QED) is 0.827. The fourth-order valence-corrected chi connectivity index (χ4v) is 4.76. The summed E-state index contributed by atoms with van der Waals surface area (Å²) in [5, 5.41) is 4.10. The standard InChI is InChI=1S/C21H28N2O3S/c1-13-10-23(11-14(2)26-13)12-19-15(3)16(4)27-21(19)22-20(24)17-6-8-18(25-5)9-7-17/h6-9,13-14H,10-12H2,1-5H3,(H,22,24)/p+1/t13-,14+. The van der Waals surface area contributed by atoms with Gasteiger partial charge in [-0.3, -0.25) is 4.79 Å². The molecular formula is C21H29N2O3S+. The maximum atomic E-state index is 12.7. The summed E-state index contributed by atoms with van der Waals surface area (Å²) >= 11 is 1.66. The van der Waals surface area contributed by atoms with Crippen molar-refractivity contribution in [3.8, 4) is 5.75 Å². The van der Waals surface area contributed by atoms with Crippen LogP contribution in [0.3, 0.4) is 0 Å². The van der Waals surface area contributed by atoms with Gasteiger partial charge in [0.2, 0.25) is 0 Å². The number of carbonyl (C=O) groups is 1. The van der Waals surface area contributed by atoms with Crippen LogP contribution < -0.4 is 15.0 Å². The van der Waals surface area contributed by atoms with E-state index in [1.807, 2.05) is 0 Å². The van der Waals surface area contributed by atoms with Crippen molar-refractivity contribution in [1.29, 1.82) is 0 Å². The second-order valence-electron chi connectivity index (χ2n) is 7.37. The van der Waals surface area contributed by atoms with Crippen LogP contribution in [0, 0.1) is 13.8 Å². The van der Waals surface area contributed by atoms with Gasteiger partial charge in [-0.25, -0.2) is 0 Å². The molecule has 1 aromatic carbocycles. The van der Waals surface area contributed by atoms with E-state index in [0.29, 0.717) is 5.56 Å². The van der Waals surface area contributed by atoms with Crippen LogP contribution in [0.5, 0.6) is 5.75 Å². The molecule has 2 aromatic rings. The zero-order valence-corrected chi connectivity index (χ0v) is 17.5. The van der Waals surface area contributed by atoms with Gasteiger partial charge in [0.1, 0.15) is 42.6 Å². The second kappa shape index (κ2) is 8.42. The molecule has 1 aromatic heterocycles. The molecule has 1 aliphatic heterocycles. The average molecular weight is 390 g/mol. The predicted molar refractivity (Wildman–Crippen MR) is 109 cm³/mol. The van der Waals surface area contributed by atoms with Crippen LogP contribution >= 0.6 is 11.3 Å². The third-order valence-corrected chi connectivity index (χ3v) is 6.30. The second-order valence-corrected chi connectivity index (χ2v) is 8.59. The summed E-state index contributed by atoms with van der Waals surface area (Å²) in [6.07, 6.45) is 0.530. The van der Waals surface area contributed by atoms with E-state index >= 15 is 0 Å². The molecule has 0 bridgehead atoms. The summed E-state index contributed by atoms with van der Waals surface area (Å²) in [7, 11) is 1.62. The van der Waals surface area contributed by atoms with Crippen LogP contribution in [-0.4, -0.2) is 38.3 Å². The van der Waals surface area contributed by atoms with Gasteiger partial charge in [-0.2, -0.15) is 0 Å². The molecule has 3 rings (SSSR count). The fourth-order valence-electron chi connectivity index (χ4n) is 3.69. The topological polar surface area (TPSA) is 52.0 Å². The first-order valence-corrected chi connectivity index (χ1v) is 10.2.